The third-order valence-electron chi connectivity index (χ3n) is 3.94. The zero-order valence-electron chi connectivity index (χ0n) is 14.4. The van der Waals surface area contributed by atoms with Gasteiger partial charge in [-0.15, -0.1) is 11.3 Å². The highest BCUT2D eigenvalue weighted by molar-refractivity contribution is 7.09. The number of carbonyl (C=O) groups excluding carboxylic acids is 2. The Kier molecular flexibility index (Phi) is 6.81. The smallest absolute Gasteiger partial charge is 0.337 e. The van der Waals surface area contributed by atoms with E-state index in [1.165, 1.54) is 4.88 Å². The minimum atomic E-state index is -0.362. The summed E-state index contributed by atoms with van der Waals surface area (Å²) in [5, 5.41) is 7.65. The number of hydrogen-bond acceptors (Lipinski definition) is 5. The molecule has 6 nitrogen and oxygen atoms in total. The minimum absolute atomic E-state index is 0.267. The fraction of sp³-hybridized carbons (Fsp3) is 0.529. The van der Waals surface area contributed by atoms with Gasteiger partial charge in [-0.05, 0) is 31.3 Å². The van der Waals surface area contributed by atoms with E-state index >= 15 is 0 Å². The molecule has 0 bridgehead atoms. The summed E-state index contributed by atoms with van der Waals surface area (Å²) in [6.07, 6.45) is 0.641. The molecule has 0 saturated heterocycles. The summed E-state index contributed by atoms with van der Waals surface area (Å²) < 4.78 is 5.20. The summed E-state index contributed by atoms with van der Waals surface area (Å²) in [6, 6.07) is 3.53. The van der Waals surface area contributed by atoms with Crippen molar-refractivity contribution in [3.8, 4) is 0 Å². The molecule has 2 N–H and O–H groups in total. The Labute approximate surface area is 146 Å². The number of ether oxygens (including phenoxy) is 1. The van der Waals surface area contributed by atoms with Gasteiger partial charge in [-0.3, -0.25) is 4.90 Å². The monoisotopic (exact) mass is 351 g/mol. The summed E-state index contributed by atoms with van der Waals surface area (Å²) in [5.74, 6) is -0.362. The van der Waals surface area contributed by atoms with Gasteiger partial charge in [0.05, 0.1) is 18.2 Å². The summed E-state index contributed by atoms with van der Waals surface area (Å²) in [6.45, 7) is 8.21. The molecule has 1 unspecified atom stereocenters. The molecular formula is C17H25N3O3S. The molecule has 1 aromatic rings. The quantitative estimate of drug-likeness (QED) is 0.706. The summed E-state index contributed by atoms with van der Waals surface area (Å²) in [7, 11) is 0. The number of urea groups is 1. The molecular weight excluding hydrogens is 326 g/mol. The zero-order chi connectivity index (χ0) is 17.5. The van der Waals surface area contributed by atoms with Crippen molar-refractivity contribution < 1.29 is 14.3 Å². The lowest BCUT2D eigenvalue weighted by molar-refractivity contribution is -0.139. The highest BCUT2D eigenvalue weighted by Gasteiger charge is 2.32. The van der Waals surface area contributed by atoms with E-state index in [4.69, 9.17) is 4.74 Å². The number of esters is 1. The SMILES string of the molecule is CCOC(=O)C1=C(CN(CC)Cc2cccs2)NC(=O)NC1CC. The molecule has 1 aromatic heterocycles. The first-order valence-corrected chi connectivity index (χ1v) is 9.19. The molecule has 0 saturated carbocycles. The summed E-state index contributed by atoms with van der Waals surface area (Å²) >= 11 is 1.70. The first-order valence-electron chi connectivity index (χ1n) is 8.31. The van der Waals surface area contributed by atoms with Crippen LogP contribution >= 0.6 is 11.3 Å². The topological polar surface area (TPSA) is 70.7 Å². The number of rotatable bonds is 8. The van der Waals surface area contributed by atoms with E-state index in [0.717, 1.165) is 13.1 Å². The van der Waals surface area contributed by atoms with Crippen LogP contribution in [0.4, 0.5) is 4.79 Å². The largest absolute Gasteiger partial charge is 0.463 e. The molecule has 1 aliphatic rings. The molecule has 0 radical (unpaired) electrons. The van der Waals surface area contributed by atoms with Crippen molar-refractivity contribution >= 4 is 23.3 Å². The Bertz CT molecular complexity index is 598. The van der Waals surface area contributed by atoms with Gasteiger partial charge in [0.1, 0.15) is 0 Å². The van der Waals surface area contributed by atoms with Crippen LogP contribution in [-0.2, 0) is 16.1 Å². The fourth-order valence-corrected chi connectivity index (χ4v) is 3.46. The second-order valence-corrected chi connectivity index (χ2v) is 6.59. The van der Waals surface area contributed by atoms with Crippen molar-refractivity contribution in [3.63, 3.8) is 0 Å². The van der Waals surface area contributed by atoms with Gasteiger partial charge in [0.2, 0.25) is 0 Å². The van der Waals surface area contributed by atoms with Gasteiger partial charge in [-0.1, -0.05) is 19.9 Å². The van der Waals surface area contributed by atoms with Crippen LogP contribution < -0.4 is 10.6 Å². The molecule has 0 aliphatic carbocycles. The average molecular weight is 351 g/mol. The second kappa shape index (κ2) is 8.84. The maximum absolute atomic E-state index is 12.4. The Balaban J connectivity index is 2.25. The molecule has 2 rings (SSSR count). The lowest BCUT2D eigenvalue weighted by Crippen LogP contribution is -2.52. The highest BCUT2D eigenvalue weighted by atomic mass is 32.1. The van der Waals surface area contributed by atoms with Crippen molar-refractivity contribution in [3.05, 3.63) is 33.7 Å². The Morgan fingerprint density at radius 1 is 1.33 bits per heavy atom. The fourth-order valence-electron chi connectivity index (χ4n) is 2.71. The molecule has 24 heavy (non-hydrogen) atoms. The summed E-state index contributed by atoms with van der Waals surface area (Å²) in [5.41, 5.74) is 1.17. The van der Waals surface area contributed by atoms with Gasteiger partial charge in [0.25, 0.3) is 0 Å². The normalized spacial score (nSPS) is 17.7. The third kappa shape index (κ3) is 4.58. The van der Waals surface area contributed by atoms with Crippen LogP contribution in [0.1, 0.15) is 32.1 Å². The first-order chi connectivity index (χ1) is 11.6. The standard InChI is InChI=1S/C17H25N3O3S/c1-4-13-15(16(21)23-6-3)14(19-17(22)18-13)11-20(5-2)10-12-8-7-9-24-12/h7-9,13H,4-6,10-11H2,1-3H3,(H2,18,19,22). The molecule has 2 amide bonds. The lowest BCUT2D eigenvalue weighted by Gasteiger charge is -2.31. The lowest BCUT2D eigenvalue weighted by atomic mass is 10.00. The van der Waals surface area contributed by atoms with E-state index in [-0.39, 0.29) is 18.0 Å². The first kappa shape index (κ1) is 18.5. The molecule has 2 heterocycles. The van der Waals surface area contributed by atoms with Crippen LogP contribution in [-0.4, -0.2) is 42.6 Å². The van der Waals surface area contributed by atoms with Gasteiger partial charge in [0.15, 0.2) is 0 Å². The van der Waals surface area contributed by atoms with Gasteiger partial charge < -0.3 is 15.4 Å². The number of amides is 2. The zero-order valence-corrected chi connectivity index (χ0v) is 15.2. The Hall–Kier alpha value is -1.86. The predicted octanol–water partition coefficient (Wildman–Crippen LogP) is 2.48. The van der Waals surface area contributed by atoms with Crippen molar-refractivity contribution in [1.29, 1.82) is 0 Å². The number of nitrogens with one attached hydrogen (secondary N) is 2. The van der Waals surface area contributed by atoms with Gasteiger partial charge in [-0.2, -0.15) is 0 Å². The van der Waals surface area contributed by atoms with E-state index in [1.807, 2.05) is 18.4 Å². The van der Waals surface area contributed by atoms with Crippen molar-refractivity contribution in [1.82, 2.24) is 15.5 Å². The van der Waals surface area contributed by atoms with Crippen molar-refractivity contribution in [2.24, 2.45) is 0 Å². The van der Waals surface area contributed by atoms with Crippen LogP contribution in [0.15, 0.2) is 28.8 Å². The van der Waals surface area contributed by atoms with Crippen molar-refractivity contribution in [2.75, 3.05) is 19.7 Å². The predicted molar refractivity (Wildman–Crippen MR) is 94.7 cm³/mol. The summed E-state index contributed by atoms with van der Waals surface area (Å²) in [4.78, 5) is 27.8. The third-order valence-corrected chi connectivity index (χ3v) is 4.80. The second-order valence-electron chi connectivity index (χ2n) is 5.55. The van der Waals surface area contributed by atoms with Gasteiger partial charge in [0, 0.05) is 23.7 Å². The molecule has 0 aromatic carbocycles. The molecule has 7 heteroatoms. The molecule has 0 fully saturated rings. The minimum Gasteiger partial charge on any atom is -0.463 e. The van der Waals surface area contributed by atoms with Crippen LogP contribution in [0.25, 0.3) is 0 Å². The van der Waals surface area contributed by atoms with E-state index in [2.05, 4.69) is 28.5 Å². The van der Waals surface area contributed by atoms with Crippen LogP contribution in [0.5, 0.6) is 0 Å². The number of nitrogens with zero attached hydrogens (tertiary/aromatic N) is 1. The van der Waals surface area contributed by atoms with Crippen molar-refractivity contribution in [2.45, 2.75) is 39.8 Å². The number of hydrogen-bond donors (Lipinski definition) is 2. The average Bonchev–Trinajstić information content (AvgIpc) is 3.06. The van der Waals surface area contributed by atoms with E-state index < -0.39 is 0 Å². The van der Waals surface area contributed by atoms with Gasteiger partial charge in [-0.25, -0.2) is 9.59 Å². The Morgan fingerprint density at radius 2 is 2.12 bits per heavy atom. The van der Waals surface area contributed by atoms with Crippen LogP contribution in [0.3, 0.4) is 0 Å². The number of thiophene rings is 1. The Morgan fingerprint density at radius 3 is 2.71 bits per heavy atom. The van der Waals surface area contributed by atoms with Gasteiger partial charge >= 0.3 is 12.0 Å². The van der Waals surface area contributed by atoms with Crippen LogP contribution in [0, 0.1) is 0 Å². The molecule has 0 spiro atoms. The molecule has 1 aliphatic heterocycles. The number of likely N-dealkylation sites (N-methyl/N-ethyl adjacent to an activating group) is 1. The van der Waals surface area contributed by atoms with E-state index in [0.29, 0.717) is 30.8 Å². The highest BCUT2D eigenvalue weighted by Crippen LogP contribution is 2.19. The molecule has 1 atom stereocenters. The maximum Gasteiger partial charge on any atom is 0.337 e. The number of carbonyl (C=O) groups is 2. The van der Waals surface area contributed by atoms with E-state index in [1.54, 1.807) is 18.3 Å². The maximum atomic E-state index is 12.4. The van der Waals surface area contributed by atoms with E-state index in [9.17, 15) is 9.59 Å². The van der Waals surface area contributed by atoms with Crippen LogP contribution in [0.2, 0.25) is 0 Å². The molecule has 132 valence electrons.